The molecule has 6 heteroatoms. The zero-order valence-corrected chi connectivity index (χ0v) is 15.7. The first-order valence-electron chi connectivity index (χ1n) is 9.05. The van der Waals surface area contributed by atoms with Gasteiger partial charge in [0.05, 0.1) is 17.7 Å². The number of anilines is 2. The van der Waals surface area contributed by atoms with Crippen molar-refractivity contribution in [3.8, 4) is 0 Å². The van der Waals surface area contributed by atoms with Gasteiger partial charge in [0, 0.05) is 48.5 Å². The van der Waals surface area contributed by atoms with Crippen molar-refractivity contribution >= 4 is 39.8 Å². The SMILES string of the molecule is O=C(CN1CCN(c2cccc(Cl)c2)CC1)Nc1cccc2ncccc12. The molecule has 0 unspecified atom stereocenters. The maximum atomic E-state index is 12.5. The summed E-state index contributed by atoms with van der Waals surface area (Å²) in [6.07, 6.45) is 1.76. The van der Waals surface area contributed by atoms with Gasteiger partial charge in [0.2, 0.25) is 5.91 Å². The predicted molar refractivity (Wildman–Crippen MR) is 110 cm³/mol. The molecule has 4 rings (SSSR count). The van der Waals surface area contributed by atoms with Crippen molar-refractivity contribution in [2.45, 2.75) is 0 Å². The van der Waals surface area contributed by atoms with Crippen LogP contribution in [0.2, 0.25) is 5.02 Å². The number of amides is 1. The van der Waals surface area contributed by atoms with Gasteiger partial charge in [-0.1, -0.05) is 23.7 Å². The second-order valence-corrected chi connectivity index (χ2v) is 7.10. The number of nitrogens with one attached hydrogen (secondary N) is 1. The summed E-state index contributed by atoms with van der Waals surface area (Å²) in [6, 6.07) is 17.5. The highest BCUT2D eigenvalue weighted by molar-refractivity contribution is 6.30. The van der Waals surface area contributed by atoms with Crippen molar-refractivity contribution < 1.29 is 4.79 Å². The van der Waals surface area contributed by atoms with E-state index in [1.54, 1.807) is 6.20 Å². The van der Waals surface area contributed by atoms with Crippen LogP contribution in [0.25, 0.3) is 10.9 Å². The van der Waals surface area contributed by atoms with Crippen molar-refractivity contribution in [2.75, 3.05) is 42.9 Å². The fraction of sp³-hybridized carbons (Fsp3) is 0.238. The average molecular weight is 381 g/mol. The van der Waals surface area contributed by atoms with Gasteiger partial charge in [-0.25, -0.2) is 0 Å². The number of hydrogen-bond acceptors (Lipinski definition) is 4. The van der Waals surface area contributed by atoms with E-state index in [1.165, 1.54) is 0 Å². The summed E-state index contributed by atoms with van der Waals surface area (Å²) in [7, 11) is 0. The molecule has 0 aliphatic carbocycles. The predicted octanol–water partition coefficient (Wildman–Crippen LogP) is 3.65. The largest absolute Gasteiger partial charge is 0.369 e. The minimum Gasteiger partial charge on any atom is -0.369 e. The van der Waals surface area contributed by atoms with E-state index in [2.05, 4.69) is 26.2 Å². The molecule has 0 saturated carbocycles. The topological polar surface area (TPSA) is 48.5 Å². The number of rotatable bonds is 4. The van der Waals surface area contributed by atoms with E-state index in [1.807, 2.05) is 48.5 Å². The third kappa shape index (κ3) is 4.21. The lowest BCUT2D eigenvalue weighted by atomic mass is 10.2. The second-order valence-electron chi connectivity index (χ2n) is 6.67. The Hall–Kier alpha value is -2.63. The molecule has 27 heavy (non-hydrogen) atoms. The van der Waals surface area contributed by atoms with Gasteiger partial charge < -0.3 is 10.2 Å². The molecule has 2 aromatic carbocycles. The van der Waals surface area contributed by atoms with E-state index in [0.717, 1.165) is 53.5 Å². The van der Waals surface area contributed by atoms with Gasteiger partial charge >= 0.3 is 0 Å². The third-order valence-electron chi connectivity index (χ3n) is 4.83. The van der Waals surface area contributed by atoms with E-state index in [4.69, 9.17) is 11.6 Å². The fourth-order valence-electron chi connectivity index (χ4n) is 3.44. The van der Waals surface area contributed by atoms with Crippen molar-refractivity contribution in [1.82, 2.24) is 9.88 Å². The zero-order chi connectivity index (χ0) is 18.6. The fourth-order valence-corrected chi connectivity index (χ4v) is 3.63. The van der Waals surface area contributed by atoms with Crippen LogP contribution >= 0.6 is 11.6 Å². The van der Waals surface area contributed by atoms with E-state index >= 15 is 0 Å². The Morgan fingerprint density at radius 3 is 2.67 bits per heavy atom. The molecule has 3 aromatic rings. The highest BCUT2D eigenvalue weighted by Gasteiger charge is 2.19. The molecule has 1 N–H and O–H groups in total. The van der Waals surface area contributed by atoms with Crippen molar-refractivity contribution in [3.63, 3.8) is 0 Å². The Kier molecular flexibility index (Phi) is 5.23. The van der Waals surface area contributed by atoms with Crippen LogP contribution < -0.4 is 10.2 Å². The number of fused-ring (bicyclic) bond motifs is 1. The van der Waals surface area contributed by atoms with Crippen molar-refractivity contribution in [1.29, 1.82) is 0 Å². The number of aromatic nitrogens is 1. The Morgan fingerprint density at radius 1 is 1.04 bits per heavy atom. The van der Waals surface area contributed by atoms with Gasteiger partial charge in [-0.05, 0) is 42.5 Å². The lowest BCUT2D eigenvalue weighted by molar-refractivity contribution is -0.117. The number of pyridine rings is 1. The molecular weight excluding hydrogens is 360 g/mol. The summed E-state index contributed by atoms with van der Waals surface area (Å²) in [6.45, 7) is 3.84. The molecule has 0 bridgehead atoms. The number of halogens is 1. The molecule has 1 amide bonds. The number of hydrogen-bond donors (Lipinski definition) is 1. The first kappa shape index (κ1) is 17.8. The third-order valence-corrected chi connectivity index (χ3v) is 5.07. The van der Waals surface area contributed by atoms with Crippen LogP contribution in [0.3, 0.4) is 0 Å². The summed E-state index contributed by atoms with van der Waals surface area (Å²) in [4.78, 5) is 21.3. The number of piperazine rings is 1. The Labute approximate surface area is 163 Å². The molecule has 1 saturated heterocycles. The highest BCUT2D eigenvalue weighted by atomic mass is 35.5. The van der Waals surface area contributed by atoms with Gasteiger partial charge in [0.1, 0.15) is 0 Å². The van der Waals surface area contributed by atoms with Crippen LogP contribution in [-0.4, -0.2) is 48.5 Å². The summed E-state index contributed by atoms with van der Waals surface area (Å²) < 4.78 is 0. The summed E-state index contributed by atoms with van der Waals surface area (Å²) >= 11 is 6.09. The van der Waals surface area contributed by atoms with Gasteiger partial charge in [-0.3, -0.25) is 14.7 Å². The molecule has 5 nitrogen and oxygen atoms in total. The van der Waals surface area contributed by atoms with Crippen LogP contribution in [0, 0.1) is 0 Å². The normalized spacial score (nSPS) is 15.1. The first-order chi connectivity index (χ1) is 13.2. The molecule has 1 aromatic heterocycles. The Balaban J connectivity index is 1.34. The molecule has 2 heterocycles. The lowest BCUT2D eigenvalue weighted by Crippen LogP contribution is -2.48. The molecule has 0 radical (unpaired) electrons. The number of benzene rings is 2. The monoisotopic (exact) mass is 380 g/mol. The minimum absolute atomic E-state index is 0.00237. The minimum atomic E-state index is 0.00237. The molecule has 1 aliphatic heterocycles. The van der Waals surface area contributed by atoms with Crippen LogP contribution in [0.5, 0.6) is 0 Å². The van der Waals surface area contributed by atoms with E-state index in [9.17, 15) is 4.79 Å². The maximum Gasteiger partial charge on any atom is 0.238 e. The smallest absolute Gasteiger partial charge is 0.238 e. The molecular formula is C21H21ClN4O. The zero-order valence-electron chi connectivity index (χ0n) is 14.9. The number of carbonyl (C=O) groups excluding carboxylic acids is 1. The Bertz CT molecular complexity index is 948. The van der Waals surface area contributed by atoms with E-state index in [0.29, 0.717) is 6.54 Å². The first-order valence-corrected chi connectivity index (χ1v) is 9.43. The van der Waals surface area contributed by atoms with Crippen LogP contribution in [0.15, 0.2) is 60.8 Å². The van der Waals surface area contributed by atoms with Gasteiger partial charge in [0.25, 0.3) is 0 Å². The van der Waals surface area contributed by atoms with Gasteiger partial charge in [-0.15, -0.1) is 0 Å². The van der Waals surface area contributed by atoms with Crippen LogP contribution in [0.4, 0.5) is 11.4 Å². The van der Waals surface area contributed by atoms with Crippen LogP contribution in [-0.2, 0) is 4.79 Å². The average Bonchev–Trinajstić information content (AvgIpc) is 2.69. The van der Waals surface area contributed by atoms with Gasteiger partial charge in [0.15, 0.2) is 0 Å². The highest BCUT2D eigenvalue weighted by Crippen LogP contribution is 2.22. The molecule has 1 fully saturated rings. The van der Waals surface area contributed by atoms with Crippen LogP contribution in [0.1, 0.15) is 0 Å². The number of nitrogens with zero attached hydrogens (tertiary/aromatic N) is 3. The molecule has 0 spiro atoms. The maximum absolute atomic E-state index is 12.5. The van der Waals surface area contributed by atoms with Crippen molar-refractivity contribution in [3.05, 3.63) is 65.8 Å². The van der Waals surface area contributed by atoms with Gasteiger partial charge in [-0.2, -0.15) is 0 Å². The standard InChI is InChI=1S/C21H21ClN4O/c22-16-4-1-5-17(14-16)26-12-10-25(11-13-26)15-21(27)24-20-8-2-7-19-18(20)6-3-9-23-19/h1-9,14H,10-13,15H2,(H,24,27). The Morgan fingerprint density at radius 2 is 1.85 bits per heavy atom. The lowest BCUT2D eigenvalue weighted by Gasteiger charge is -2.35. The second kappa shape index (κ2) is 7.94. The summed E-state index contributed by atoms with van der Waals surface area (Å²) in [5.41, 5.74) is 2.82. The molecule has 1 aliphatic rings. The molecule has 138 valence electrons. The summed E-state index contributed by atoms with van der Waals surface area (Å²) in [5, 5.41) is 4.74. The quantitative estimate of drug-likeness (QED) is 0.750. The number of carbonyl (C=O) groups is 1. The summed E-state index contributed by atoms with van der Waals surface area (Å²) in [5.74, 6) is 0.00237. The van der Waals surface area contributed by atoms with E-state index < -0.39 is 0 Å². The molecule has 0 atom stereocenters. The van der Waals surface area contributed by atoms with Crippen molar-refractivity contribution in [2.24, 2.45) is 0 Å². The van der Waals surface area contributed by atoms with E-state index in [-0.39, 0.29) is 5.91 Å².